The molecule has 0 unspecified atom stereocenters. The summed E-state index contributed by atoms with van der Waals surface area (Å²) in [6.07, 6.45) is 2.53. The summed E-state index contributed by atoms with van der Waals surface area (Å²) < 4.78 is 5.93. The predicted molar refractivity (Wildman–Crippen MR) is 105 cm³/mol. The Kier molecular flexibility index (Phi) is 6.25. The lowest BCUT2D eigenvalue weighted by Gasteiger charge is -2.15. The Morgan fingerprint density at radius 1 is 1.15 bits per heavy atom. The van der Waals surface area contributed by atoms with Gasteiger partial charge in [-0.05, 0) is 30.4 Å². The third kappa shape index (κ3) is 5.70. The van der Waals surface area contributed by atoms with E-state index in [9.17, 15) is 10.1 Å². The molecule has 0 aromatic heterocycles. The minimum absolute atomic E-state index is 0.0871. The monoisotopic (exact) mass is 368 g/mol. The lowest BCUT2D eigenvalue weighted by Crippen LogP contribution is -2.36. The van der Waals surface area contributed by atoms with E-state index in [-0.39, 0.29) is 5.69 Å². The van der Waals surface area contributed by atoms with E-state index in [0.29, 0.717) is 25.0 Å². The first-order valence-corrected chi connectivity index (χ1v) is 9.04. The number of non-ortho nitro benzene ring substituents is 1. The predicted octanol–water partition coefficient (Wildman–Crippen LogP) is 3.25. The Morgan fingerprint density at radius 3 is 2.52 bits per heavy atom. The number of nitro groups is 1. The molecule has 142 valence electrons. The van der Waals surface area contributed by atoms with Crippen LogP contribution in [0.1, 0.15) is 24.0 Å². The van der Waals surface area contributed by atoms with Gasteiger partial charge < -0.3 is 15.4 Å². The Labute approximate surface area is 158 Å². The summed E-state index contributed by atoms with van der Waals surface area (Å²) in [5, 5.41) is 17.2. The number of rotatable bonds is 8. The molecule has 2 N–H and O–H groups in total. The van der Waals surface area contributed by atoms with Crippen molar-refractivity contribution < 1.29 is 9.66 Å². The molecular weight excluding hydrogens is 344 g/mol. The minimum atomic E-state index is -0.402. The van der Waals surface area contributed by atoms with E-state index >= 15 is 0 Å². The molecule has 0 amide bonds. The van der Waals surface area contributed by atoms with Crippen LogP contribution in [0.2, 0.25) is 0 Å². The van der Waals surface area contributed by atoms with E-state index in [1.54, 1.807) is 19.2 Å². The second kappa shape index (κ2) is 9.02. The van der Waals surface area contributed by atoms with E-state index in [1.807, 2.05) is 24.3 Å². The van der Waals surface area contributed by atoms with Gasteiger partial charge in [-0.3, -0.25) is 15.1 Å². The van der Waals surface area contributed by atoms with Gasteiger partial charge in [0.2, 0.25) is 0 Å². The molecule has 1 aliphatic rings. The van der Waals surface area contributed by atoms with Gasteiger partial charge in [0.1, 0.15) is 5.75 Å². The van der Waals surface area contributed by atoms with Gasteiger partial charge in [0.25, 0.3) is 5.69 Å². The first-order valence-electron chi connectivity index (χ1n) is 9.04. The van der Waals surface area contributed by atoms with Crippen LogP contribution in [0, 0.1) is 16.0 Å². The van der Waals surface area contributed by atoms with E-state index in [2.05, 4.69) is 15.6 Å². The van der Waals surface area contributed by atoms with Gasteiger partial charge in [-0.1, -0.05) is 30.3 Å². The molecule has 1 fully saturated rings. The Bertz CT molecular complexity index is 801. The van der Waals surface area contributed by atoms with E-state index < -0.39 is 4.92 Å². The number of aliphatic imine (C=N–C) groups is 1. The number of nitrogens with zero attached hydrogens (tertiary/aromatic N) is 2. The van der Waals surface area contributed by atoms with Gasteiger partial charge in [0.15, 0.2) is 5.96 Å². The Balaban J connectivity index is 1.51. The molecule has 7 nitrogen and oxygen atoms in total. The van der Waals surface area contributed by atoms with Gasteiger partial charge in [0, 0.05) is 37.8 Å². The van der Waals surface area contributed by atoms with Gasteiger partial charge in [-0.2, -0.15) is 0 Å². The van der Waals surface area contributed by atoms with Crippen LogP contribution in [0.4, 0.5) is 5.69 Å². The van der Waals surface area contributed by atoms with Crippen LogP contribution in [0.25, 0.3) is 0 Å². The van der Waals surface area contributed by atoms with E-state index in [1.165, 1.54) is 25.0 Å². The molecule has 0 saturated heterocycles. The summed E-state index contributed by atoms with van der Waals surface area (Å²) in [6.45, 7) is 1.91. The number of hydrogen-bond donors (Lipinski definition) is 2. The normalized spacial score (nSPS) is 13.9. The third-order valence-electron chi connectivity index (χ3n) is 4.42. The summed E-state index contributed by atoms with van der Waals surface area (Å²) in [7, 11) is 1.71. The lowest BCUT2D eigenvalue weighted by molar-refractivity contribution is -0.384. The number of para-hydroxylation sites is 1. The number of guanidine groups is 1. The van der Waals surface area contributed by atoms with Crippen molar-refractivity contribution >= 4 is 11.6 Å². The third-order valence-corrected chi connectivity index (χ3v) is 4.42. The second-order valence-corrected chi connectivity index (χ2v) is 6.56. The van der Waals surface area contributed by atoms with Crippen molar-refractivity contribution in [2.75, 3.05) is 13.7 Å². The second-order valence-electron chi connectivity index (χ2n) is 6.56. The van der Waals surface area contributed by atoms with Crippen molar-refractivity contribution in [3.63, 3.8) is 0 Å². The average molecular weight is 368 g/mol. The number of nitro benzene ring substituents is 1. The smallest absolute Gasteiger partial charge is 0.269 e. The fourth-order valence-corrected chi connectivity index (χ4v) is 2.60. The zero-order valence-electron chi connectivity index (χ0n) is 15.4. The lowest BCUT2D eigenvalue weighted by atomic mass is 10.2. The molecule has 0 bridgehead atoms. The minimum Gasteiger partial charge on any atom is -0.493 e. The zero-order valence-corrected chi connectivity index (χ0v) is 15.4. The average Bonchev–Trinajstić information content (AvgIpc) is 3.52. The Morgan fingerprint density at radius 2 is 1.85 bits per heavy atom. The highest BCUT2D eigenvalue weighted by Gasteiger charge is 2.22. The first-order chi connectivity index (χ1) is 13.2. The first kappa shape index (κ1) is 18.7. The van der Waals surface area contributed by atoms with Gasteiger partial charge in [0.05, 0.1) is 11.5 Å². The summed E-state index contributed by atoms with van der Waals surface area (Å²) in [5.74, 6) is 2.27. The van der Waals surface area contributed by atoms with Crippen LogP contribution < -0.4 is 15.4 Å². The molecule has 0 spiro atoms. The highest BCUT2D eigenvalue weighted by molar-refractivity contribution is 5.79. The summed E-state index contributed by atoms with van der Waals surface area (Å²) >= 11 is 0. The molecule has 2 aromatic rings. The Hall–Kier alpha value is -3.09. The summed E-state index contributed by atoms with van der Waals surface area (Å²) in [4.78, 5) is 14.5. The number of nitrogens with one attached hydrogen (secondary N) is 2. The van der Waals surface area contributed by atoms with E-state index in [4.69, 9.17) is 4.74 Å². The highest BCUT2D eigenvalue weighted by atomic mass is 16.6. The maximum absolute atomic E-state index is 10.7. The standard InChI is InChI=1S/C20H24N4O3/c1-21-20(22-12-15-8-10-18(11-9-15)24(25)26)23-13-17-4-2-3-5-19(17)27-14-16-6-7-16/h2-5,8-11,16H,6-7,12-14H2,1H3,(H2,21,22,23). The largest absolute Gasteiger partial charge is 0.493 e. The number of benzene rings is 2. The fourth-order valence-electron chi connectivity index (χ4n) is 2.60. The topological polar surface area (TPSA) is 88.8 Å². The van der Waals surface area contributed by atoms with Crippen LogP contribution in [-0.4, -0.2) is 24.5 Å². The van der Waals surface area contributed by atoms with Gasteiger partial charge in [-0.15, -0.1) is 0 Å². The van der Waals surface area contributed by atoms with Gasteiger partial charge >= 0.3 is 0 Å². The van der Waals surface area contributed by atoms with Crippen molar-refractivity contribution in [3.05, 3.63) is 69.8 Å². The van der Waals surface area contributed by atoms with Crippen LogP contribution >= 0.6 is 0 Å². The van der Waals surface area contributed by atoms with Crippen LogP contribution in [-0.2, 0) is 13.1 Å². The SMILES string of the molecule is CN=C(NCc1ccc([N+](=O)[O-])cc1)NCc1ccccc1OCC1CC1. The fraction of sp³-hybridized carbons (Fsp3) is 0.350. The number of ether oxygens (including phenoxy) is 1. The van der Waals surface area contributed by atoms with Crippen molar-refractivity contribution in [2.24, 2.45) is 10.9 Å². The van der Waals surface area contributed by atoms with Crippen molar-refractivity contribution in [3.8, 4) is 5.75 Å². The molecule has 1 aliphatic carbocycles. The molecule has 0 aliphatic heterocycles. The summed E-state index contributed by atoms with van der Waals surface area (Å²) in [5.41, 5.74) is 2.11. The molecular formula is C20H24N4O3. The van der Waals surface area contributed by atoms with Crippen molar-refractivity contribution in [1.29, 1.82) is 0 Å². The highest BCUT2D eigenvalue weighted by Crippen LogP contribution is 2.30. The van der Waals surface area contributed by atoms with Crippen LogP contribution in [0.3, 0.4) is 0 Å². The molecule has 0 atom stereocenters. The maximum Gasteiger partial charge on any atom is 0.269 e. The molecule has 27 heavy (non-hydrogen) atoms. The molecule has 3 rings (SSSR count). The zero-order chi connectivity index (χ0) is 19.1. The van der Waals surface area contributed by atoms with E-state index in [0.717, 1.165) is 23.5 Å². The van der Waals surface area contributed by atoms with Gasteiger partial charge in [-0.25, -0.2) is 0 Å². The van der Waals surface area contributed by atoms with Crippen LogP contribution in [0.5, 0.6) is 5.75 Å². The molecule has 0 heterocycles. The quantitative estimate of drug-likeness (QED) is 0.323. The van der Waals surface area contributed by atoms with Crippen molar-refractivity contribution in [2.45, 2.75) is 25.9 Å². The molecule has 7 heteroatoms. The van der Waals surface area contributed by atoms with Crippen LogP contribution in [0.15, 0.2) is 53.5 Å². The maximum atomic E-state index is 10.7. The molecule has 2 aromatic carbocycles. The molecule has 1 saturated carbocycles. The summed E-state index contributed by atoms with van der Waals surface area (Å²) in [6, 6.07) is 14.5. The number of hydrogen-bond acceptors (Lipinski definition) is 4. The van der Waals surface area contributed by atoms with Crippen molar-refractivity contribution in [1.82, 2.24) is 10.6 Å². The molecule has 0 radical (unpaired) electrons.